The Morgan fingerprint density at radius 3 is 2.44 bits per heavy atom. The molecule has 1 atom stereocenters. The lowest BCUT2D eigenvalue weighted by atomic mass is 9.96. The van der Waals surface area contributed by atoms with E-state index in [1.807, 2.05) is 0 Å². The molecule has 1 nitrogen and oxygen atoms in total. The molecule has 52 valence electrons. The first-order valence-corrected chi connectivity index (χ1v) is 3.75. The van der Waals surface area contributed by atoms with Gasteiger partial charge in [0.25, 0.3) is 0 Å². The number of hydrogen-bond acceptors (Lipinski definition) is 0. The average molecular weight is 126 g/mol. The third-order valence-corrected chi connectivity index (χ3v) is 2.25. The van der Waals surface area contributed by atoms with Gasteiger partial charge in [-0.2, -0.15) is 0 Å². The van der Waals surface area contributed by atoms with E-state index in [9.17, 15) is 0 Å². The normalized spacial score (nSPS) is 27.9. The molecule has 1 fully saturated rings. The zero-order valence-electron chi connectivity index (χ0n) is 6.43. The summed E-state index contributed by atoms with van der Waals surface area (Å²) in [6.07, 6.45) is 1.35. The van der Waals surface area contributed by atoms with Crippen LogP contribution in [-0.4, -0.2) is 24.4 Å². The molecule has 0 amide bonds. The summed E-state index contributed by atoms with van der Waals surface area (Å²) in [5.74, 6) is 1.75. The predicted octanol–water partition coefficient (Wildman–Crippen LogP) is 1.38. The van der Waals surface area contributed by atoms with Gasteiger partial charge in [-0.05, 0) is 5.92 Å². The van der Waals surface area contributed by atoms with Crippen molar-refractivity contribution in [1.82, 2.24) is 0 Å². The predicted molar refractivity (Wildman–Crippen MR) is 40.1 cm³/mol. The molecule has 0 aromatic carbocycles. The molecule has 9 heavy (non-hydrogen) atoms. The van der Waals surface area contributed by atoms with Crippen molar-refractivity contribution >= 4 is 6.72 Å². The first kappa shape index (κ1) is 6.79. The maximum Gasteiger partial charge on any atom is 0.145 e. The minimum Gasteiger partial charge on any atom is -0.242 e. The van der Waals surface area contributed by atoms with Crippen LogP contribution >= 0.6 is 0 Å². The lowest BCUT2D eigenvalue weighted by molar-refractivity contribution is -0.500. The Hall–Kier alpha value is -0.330. The van der Waals surface area contributed by atoms with Gasteiger partial charge < -0.3 is 0 Å². The van der Waals surface area contributed by atoms with Gasteiger partial charge in [0.15, 0.2) is 0 Å². The van der Waals surface area contributed by atoms with Crippen molar-refractivity contribution in [2.24, 2.45) is 11.8 Å². The molecule has 0 bridgehead atoms. The highest BCUT2D eigenvalue weighted by atomic mass is 15.0. The average Bonchev–Trinajstić information content (AvgIpc) is 2.14. The molecule has 1 saturated heterocycles. The van der Waals surface area contributed by atoms with Crippen LogP contribution in [0.4, 0.5) is 0 Å². The zero-order chi connectivity index (χ0) is 6.85. The van der Waals surface area contributed by atoms with Gasteiger partial charge in [-0.1, -0.05) is 13.8 Å². The van der Waals surface area contributed by atoms with E-state index in [0.29, 0.717) is 0 Å². The highest BCUT2D eigenvalue weighted by molar-refractivity contribution is 5.14. The fraction of sp³-hybridized carbons (Fsp3) is 0.875. The van der Waals surface area contributed by atoms with E-state index < -0.39 is 0 Å². The summed E-state index contributed by atoms with van der Waals surface area (Å²) in [5.41, 5.74) is 0. The number of hydrogen-bond donors (Lipinski definition) is 0. The Balaban J connectivity index is 2.39. The molecule has 0 N–H and O–H groups in total. The van der Waals surface area contributed by atoms with Crippen LogP contribution < -0.4 is 0 Å². The van der Waals surface area contributed by atoms with E-state index in [-0.39, 0.29) is 0 Å². The van der Waals surface area contributed by atoms with Crippen molar-refractivity contribution in [1.29, 1.82) is 0 Å². The van der Waals surface area contributed by atoms with Crippen molar-refractivity contribution in [3.05, 3.63) is 0 Å². The third-order valence-electron chi connectivity index (χ3n) is 2.25. The first-order valence-electron chi connectivity index (χ1n) is 3.75. The van der Waals surface area contributed by atoms with Crippen LogP contribution in [0.25, 0.3) is 0 Å². The Bertz CT molecular complexity index is 116. The Labute approximate surface area is 57.4 Å². The van der Waals surface area contributed by atoms with Crippen LogP contribution in [0.3, 0.4) is 0 Å². The summed E-state index contributed by atoms with van der Waals surface area (Å²) in [7, 11) is 0. The second kappa shape index (κ2) is 2.51. The molecule has 0 spiro atoms. The first-order chi connectivity index (χ1) is 4.20. The van der Waals surface area contributed by atoms with E-state index in [0.717, 1.165) is 11.8 Å². The molecule has 0 aromatic heterocycles. The second-order valence-corrected chi connectivity index (χ2v) is 3.37. The molecule has 0 aromatic rings. The van der Waals surface area contributed by atoms with Crippen molar-refractivity contribution in [3.63, 3.8) is 0 Å². The van der Waals surface area contributed by atoms with Gasteiger partial charge in [0.2, 0.25) is 0 Å². The smallest absolute Gasteiger partial charge is 0.145 e. The minimum absolute atomic E-state index is 0.844. The molecule has 1 unspecified atom stereocenters. The highest BCUT2D eigenvalue weighted by Crippen LogP contribution is 2.19. The lowest BCUT2D eigenvalue weighted by Gasteiger charge is -2.06. The van der Waals surface area contributed by atoms with Crippen molar-refractivity contribution in [3.8, 4) is 0 Å². The third kappa shape index (κ3) is 1.54. The van der Waals surface area contributed by atoms with Crippen molar-refractivity contribution < 1.29 is 4.58 Å². The quantitative estimate of drug-likeness (QED) is 0.467. The van der Waals surface area contributed by atoms with Crippen LogP contribution in [0.15, 0.2) is 0 Å². The largest absolute Gasteiger partial charge is 0.242 e. The molecule has 1 aliphatic rings. The molecule has 1 rings (SSSR count). The molecule has 0 radical (unpaired) electrons. The zero-order valence-corrected chi connectivity index (χ0v) is 6.43. The van der Waals surface area contributed by atoms with E-state index in [1.165, 1.54) is 19.5 Å². The Kier molecular flexibility index (Phi) is 1.89. The molecular formula is C8H16N+. The highest BCUT2D eigenvalue weighted by Gasteiger charge is 2.25. The summed E-state index contributed by atoms with van der Waals surface area (Å²) >= 11 is 0. The van der Waals surface area contributed by atoms with Gasteiger partial charge in [0.05, 0.1) is 0 Å². The second-order valence-electron chi connectivity index (χ2n) is 3.37. The van der Waals surface area contributed by atoms with Crippen LogP contribution in [0, 0.1) is 11.8 Å². The van der Waals surface area contributed by atoms with Gasteiger partial charge in [0.1, 0.15) is 19.8 Å². The lowest BCUT2D eigenvalue weighted by Crippen LogP contribution is -2.10. The minimum atomic E-state index is 0.844. The SMILES string of the molecule is C=[N+]1CCC(C(C)C)C1. The van der Waals surface area contributed by atoms with E-state index >= 15 is 0 Å². The van der Waals surface area contributed by atoms with Crippen molar-refractivity contribution in [2.75, 3.05) is 13.1 Å². The van der Waals surface area contributed by atoms with Crippen LogP contribution in [0.1, 0.15) is 20.3 Å². The fourth-order valence-electron chi connectivity index (χ4n) is 1.41. The molecule has 1 heteroatoms. The number of rotatable bonds is 1. The van der Waals surface area contributed by atoms with Crippen molar-refractivity contribution in [2.45, 2.75) is 20.3 Å². The molecule has 0 aliphatic carbocycles. The maximum atomic E-state index is 3.90. The standard InChI is InChI=1S/C8H16N/c1-7(2)8-4-5-9(3)6-8/h7-8H,3-6H2,1-2H3/q+1. The summed E-state index contributed by atoms with van der Waals surface area (Å²) in [6, 6.07) is 0. The molecular weight excluding hydrogens is 110 g/mol. The Morgan fingerprint density at radius 1 is 1.56 bits per heavy atom. The van der Waals surface area contributed by atoms with E-state index in [1.54, 1.807) is 0 Å². The molecule has 1 aliphatic heterocycles. The van der Waals surface area contributed by atoms with Gasteiger partial charge in [-0.15, -0.1) is 0 Å². The van der Waals surface area contributed by atoms with Gasteiger partial charge >= 0.3 is 0 Å². The molecule has 1 heterocycles. The summed E-state index contributed by atoms with van der Waals surface area (Å²) in [6.45, 7) is 10.9. The number of nitrogens with zero attached hydrogens (tertiary/aromatic N) is 1. The van der Waals surface area contributed by atoms with Gasteiger partial charge in [0, 0.05) is 12.3 Å². The summed E-state index contributed by atoms with van der Waals surface area (Å²) < 4.78 is 2.17. The molecule has 0 saturated carbocycles. The monoisotopic (exact) mass is 126 g/mol. The van der Waals surface area contributed by atoms with E-state index in [4.69, 9.17) is 0 Å². The van der Waals surface area contributed by atoms with Crippen LogP contribution in [-0.2, 0) is 0 Å². The van der Waals surface area contributed by atoms with Gasteiger partial charge in [-0.3, -0.25) is 0 Å². The van der Waals surface area contributed by atoms with E-state index in [2.05, 4.69) is 25.1 Å². The fourth-order valence-corrected chi connectivity index (χ4v) is 1.41. The summed E-state index contributed by atoms with van der Waals surface area (Å²) in [4.78, 5) is 0. The summed E-state index contributed by atoms with van der Waals surface area (Å²) in [5, 5.41) is 0. The Morgan fingerprint density at radius 2 is 2.22 bits per heavy atom. The van der Waals surface area contributed by atoms with Gasteiger partial charge in [-0.25, -0.2) is 4.58 Å². The van der Waals surface area contributed by atoms with Crippen LogP contribution in [0.2, 0.25) is 0 Å². The topological polar surface area (TPSA) is 3.01 Å². The van der Waals surface area contributed by atoms with Crippen LogP contribution in [0.5, 0.6) is 0 Å². The maximum absolute atomic E-state index is 3.90.